The monoisotopic (exact) mass is 438 g/mol. The Hall–Kier alpha value is -4.08. The van der Waals surface area contributed by atoms with Crippen LogP contribution in [-0.2, 0) is 17.9 Å². The fourth-order valence-corrected chi connectivity index (χ4v) is 4.13. The molecule has 0 saturated carbocycles. The molecule has 4 aromatic rings. The van der Waals surface area contributed by atoms with Gasteiger partial charge in [-0.25, -0.2) is 0 Å². The van der Waals surface area contributed by atoms with Gasteiger partial charge in [-0.1, -0.05) is 42.5 Å². The molecule has 1 aliphatic heterocycles. The molecule has 6 heteroatoms. The van der Waals surface area contributed by atoms with Gasteiger partial charge >= 0.3 is 5.97 Å². The highest BCUT2D eigenvalue weighted by molar-refractivity contribution is 5.79. The largest absolute Gasteiger partial charge is 0.489 e. The van der Waals surface area contributed by atoms with Crippen molar-refractivity contribution >= 4 is 16.9 Å². The molecule has 1 fully saturated rings. The zero-order valence-electron chi connectivity index (χ0n) is 17.9. The van der Waals surface area contributed by atoms with Gasteiger partial charge in [0.2, 0.25) is 0 Å². The molecule has 3 aromatic carbocycles. The molecule has 2 heterocycles. The summed E-state index contributed by atoms with van der Waals surface area (Å²) in [5, 5.41) is 19.6. The highest BCUT2D eigenvalue weighted by atomic mass is 16.5. The smallest absolute Gasteiger partial charge is 0.309 e. The second kappa shape index (κ2) is 8.81. The summed E-state index contributed by atoms with van der Waals surface area (Å²) in [6.45, 7) is 2.05. The molecule has 6 nitrogen and oxygen atoms in total. The second-order valence-corrected chi connectivity index (χ2v) is 8.29. The lowest BCUT2D eigenvalue weighted by Crippen LogP contribution is -2.49. The molecule has 1 aromatic heterocycles. The number of carboxylic acid groups (broad SMARTS) is 1. The van der Waals surface area contributed by atoms with E-state index < -0.39 is 5.97 Å². The number of benzene rings is 3. The average Bonchev–Trinajstić information content (AvgIpc) is 3.21. The summed E-state index contributed by atoms with van der Waals surface area (Å²) in [6.07, 6.45) is 0. The van der Waals surface area contributed by atoms with E-state index >= 15 is 0 Å². The number of aliphatic carboxylic acids is 1. The lowest BCUT2D eigenvalue weighted by atomic mass is 9.98. The molecular weight excluding hydrogens is 416 g/mol. The zero-order chi connectivity index (χ0) is 22.8. The minimum absolute atomic E-state index is 0.280. The Labute approximate surface area is 191 Å². The molecule has 0 aliphatic carbocycles. The van der Waals surface area contributed by atoms with Crippen molar-refractivity contribution in [3.63, 3.8) is 0 Å². The Kier molecular flexibility index (Phi) is 5.55. The highest BCUT2D eigenvalue weighted by Gasteiger charge is 2.32. The van der Waals surface area contributed by atoms with E-state index in [0.717, 1.165) is 39.2 Å². The topological polar surface area (TPSA) is 86.7 Å². The van der Waals surface area contributed by atoms with Crippen LogP contribution in [0.25, 0.3) is 22.1 Å². The van der Waals surface area contributed by atoms with Crippen molar-refractivity contribution < 1.29 is 19.1 Å². The third kappa shape index (κ3) is 4.45. The maximum Gasteiger partial charge on any atom is 0.309 e. The van der Waals surface area contributed by atoms with Gasteiger partial charge in [0.25, 0.3) is 0 Å². The van der Waals surface area contributed by atoms with Crippen LogP contribution >= 0.6 is 0 Å². The van der Waals surface area contributed by atoms with Gasteiger partial charge in [0.05, 0.1) is 24.1 Å². The molecule has 0 unspecified atom stereocenters. The third-order valence-corrected chi connectivity index (χ3v) is 5.92. The van der Waals surface area contributed by atoms with E-state index in [4.69, 9.17) is 14.3 Å². The number of furan rings is 1. The predicted octanol–water partition coefficient (Wildman–Crippen LogP) is 5.07. The molecule has 5 rings (SSSR count). The number of carbonyl (C=O) groups is 1. The molecule has 33 heavy (non-hydrogen) atoms. The molecule has 1 N–H and O–H groups in total. The van der Waals surface area contributed by atoms with Crippen LogP contribution in [0, 0.1) is 17.2 Å². The summed E-state index contributed by atoms with van der Waals surface area (Å²) >= 11 is 0. The van der Waals surface area contributed by atoms with Crippen LogP contribution in [0.15, 0.2) is 77.2 Å². The number of hydrogen-bond acceptors (Lipinski definition) is 5. The second-order valence-electron chi connectivity index (χ2n) is 8.29. The van der Waals surface area contributed by atoms with Gasteiger partial charge in [0, 0.05) is 18.5 Å². The minimum atomic E-state index is -0.741. The Morgan fingerprint density at radius 3 is 2.67 bits per heavy atom. The van der Waals surface area contributed by atoms with E-state index in [1.807, 2.05) is 72.8 Å². The zero-order valence-corrected chi connectivity index (χ0v) is 17.9. The van der Waals surface area contributed by atoms with Crippen LogP contribution < -0.4 is 4.74 Å². The maximum atomic E-state index is 11.0. The first-order valence-electron chi connectivity index (χ1n) is 10.8. The summed E-state index contributed by atoms with van der Waals surface area (Å²) in [4.78, 5) is 13.0. The number of carboxylic acids is 1. The van der Waals surface area contributed by atoms with Crippen LogP contribution in [0.2, 0.25) is 0 Å². The van der Waals surface area contributed by atoms with E-state index in [1.54, 1.807) is 0 Å². The van der Waals surface area contributed by atoms with Crippen molar-refractivity contribution in [3.8, 4) is 22.9 Å². The first-order valence-corrected chi connectivity index (χ1v) is 10.8. The van der Waals surface area contributed by atoms with Crippen LogP contribution in [0.5, 0.6) is 5.75 Å². The molecule has 1 saturated heterocycles. The molecule has 0 amide bonds. The summed E-state index contributed by atoms with van der Waals surface area (Å²) < 4.78 is 11.9. The van der Waals surface area contributed by atoms with Gasteiger partial charge in [0.15, 0.2) is 0 Å². The molecule has 164 valence electrons. The SMILES string of the molecule is N#Cc1cc(COc2ccc3oc(CN4CC(C(=O)O)C4)cc3c2)ccc1-c1ccccc1. The number of likely N-dealkylation sites (tertiary alicyclic amines) is 1. The van der Waals surface area contributed by atoms with Crippen molar-refractivity contribution in [3.05, 3.63) is 89.7 Å². The number of fused-ring (bicyclic) bond motifs is 1. The lowest BCUT2D eigenvalue weighted by molar-refractivity contribution is -0.147. The lowest BCUT2D eigenvalue weighted by Gasteiger charge is -2.35. The van der Waals surface area contributed by atoms with Crippen LogP contribution in [0.4, 0.5) is 0 Å². The summed E-state index contributed by atoms with van der Waals surface area (Å²) in [6, 6.07) is 25.6. The molecule has 0 bridgehead atoms. The Morgan fingerprint density at radius 1 is 1.09 bits per heavy atom. The van der Waals surface area contributed by atoms with E-state index in [-0.39, 0.29) is 5.92 Å². The first kappa shape index (κ1) is 20.8. The number of hydrogen-bond donors (Lipinski definition) is 1. The molecule has 0 atom stereocenters. The number of nitriles is 1. The highest BCUT2D eigenvalue weighted by Crippen LogP contribution is 2.28. The van der Waals surface area contributed by atoms with Gasteiger partial charge in [-0.15, -0.1) is 0 Å². The number of ether oxygens (including phenoxy) is 1. The van der Waals surface area contributed by atoms with Crippen LogP contribution in [0.3, 0.4) is 0 Å². The first-order chi connectivity index (χ1) is 16.1. The molecule has 0 radical (unpaired) electrons. The van der Waals surface area contributed by atoms with Gasteiger partial charge in [-0.05, 0) is 47.0 Å². The fraction of sp³-hybridized carbons (Fsp3) is 0.185. The Bertz CT molecular complexity index is 1350. The van der Waals surface area contributed by atoms with Crippen molar-refractivity contribution in [2.45, 2.75) is 13.2 Å². The van der Waals surface area contributed by atoms with Crippen molar-refractivity contribution in [2.75, 3.05) is 13.1 Å². The van der Waals surface area contributed by atoms with Crippen molar-refractivity contribution in [1.29, 1.82) is 5.26 Å². The normalized spacial score (nSPS) is 14.0. The quantitative estimate of drug-likeness (QED) is 0.434. The molecular formula is C27H22N2O4. The minimum Gasteiger partial charge on any atom is -0.489 e. The maximum absolute atomic E-state index is 11.0. The Balaban J connectivity index is 1.25. The molecule has 1 aliphatic rings. The van der Waals surface area contributed by atoms with Crippen molar-refractivity contribution in [2.24, 2.45) is 5.92 Å². The van der Waals surface area contributed by atoms with Crippen LogP contribution in [0.1, 0.15) is 16.9 Å². The van der Waals surface area contributed by atoms with Crippen LogP contribution in [-0.4, -0.2) is 29.1 Å². The summed E-state index contributed by atoms with van der Waals surface area (Å²) in [5.41, 5.74) is 4.23. The van der Waals surface area contributed by atoms with Crippen molar-refractivity contribution in [1.82, 2.24) is 4.90 Å². The summed E-state index contributed by atoms with van der Waals surface area (Å²) in [5.74, 6) is 0.503. The molecule has 0 spiro atoms. The predicted molar refractivity (Wildman–Crippen MR) is 124 cm³/mol. The van der Waals surface area contributed by atoms with E-state index in [0.29, 0.717) is 31.8 Å². The Morgan fingerprint density at radius 2 is 1.91 bits per heavy atom. The van der Waals surface area contributed by atoms with Gasteiger partial charge in [-0.2, -0.15) is 5.26 Å². The fourth-order valence-electron chi connectivity index (χ4n) is 4.13. The van der Waals surface area contributed by atoms with Gasteiger partial charge in [-0.3, -0.25) is 9.69 Å². The van der Waals surface area contributed by atoms with E-state index in [9.17, 15) is 10.1 Å². The standard InChI is InChI=1S/C27H22N2O4/c28-13-21-10-18(6-8-25(21)19-4-2-1-3-5-19)17-32-23-7-9-26-20(11-23)12-24(33-26)16-29-14-22(15-29)27(30)31/h1-12,22H,14-17H2,(H,30,31). The average molecular weight is 438 g/mol. The van der Waals surface area contributed by atoms with E-state index in [2.05, 4.69) is 11.0 Å². The van der Waals surface area contributed by atoms with Gasteiger partial charge < -0.3 is 14.3 Å². The third-order valence-electron chi connectivity index (χ3n) is 5.92. The number of rotatable bonds is 7. The number of nitrogens with zero attached hydrogens (tertiary/aromatic N) is 2. The van der Waals surface area contributed by atoms with Gasteiger partial charge in [0.1, 0.15) is 23.7 Å². The summed E-state index contributed by atoms with van der Waals surface area (Å²) in [7, 11) is 0. The van der Waals surface area contributed by atoms with E-state index in [1.165, 1.54) is 0 Å².